The molecule has 0 saturated heterocycles. The van der Waals surface area contributed by atoms with E-state index in [0.29, 0.717) is 6.42 Å². The molecule has 3 aromatic carbocycles. The molecule has 27 heavy (non-hydrogen) atoms. The molecule has 5 rings (SSSR count). The number of fused-ring (bicyclic) bond motifs is 5. The maximum absolute atomic E-state index is 13.0. The number of carbonyl (C=O) groups is 1. The highest BCUT2D eigenvalue weighted by molar-refractivity contribution is 6.31. The number of aryl methyl sites for hydroxylation is 2. The van der Waals surface area contributed by atoms with Crippen LogP contribution < -0.4 is 0 Å². The summed E-state index contributed by atoms with van der Waals surface area (Å²) in [5, 5.41) is 1.85. The highest BCUT2D eigenvalue weighted by atomic mass is 35.5. The summed E-state index contributed by atoms with van der Waals surface area (Å²) >= 11 is 6.29. The van der Waals surface area contributed by atoms with Crippen molar-refractivity contribution in [3.63, 3.8) is 0 Å². The van der Waals surface area contributed by atoms with E-state index in [2.05, 4.69) is 34.9 Å². The molecule has 4 aromatic rings. The topological polar surface area (TPSA) is 22.0 Å². The van der Waals surface area contributed by atoms with Crippen molar-refractivity contribution in [2.24, 2.45) is 0 Å². The Balaban J connectivity index is 1.73. The van der Waals surface area contributed by atoms with E-state index in [4.69, 9.17) is 11.6 Å². The molecule has 2 nitrogen and oxygen atoms in total. The minimum absolute atomic E-state index is 0.143. The first-order valence-corrected chi connectivity index (χ1v) is 9.57. The Morgan fingerprint density at radius 2 is 1.74 bits per heavy atom. The minimum Gasteiger partial charge on any atom is -0.340 e. The Bertz CT molecular complexity index is 1170. The second kappa shape index (κ2) is 6.40. The second-order valence-corrected chi connectivity index (χ2v) is 7.45. The first kappa shape index (κ1) is 16.3. The molecule has 0 aliphatic carbocycles. The van der Waals surface area contributed by atoms with Gasteiger partial charge in [0.15, 0.2) is 5.78 Å². The molecule has 0 amide bonds. The number of benzene rings is 3. The summed E-state index contributed by atoms with van der Waals surface area (Å²) in [5.41, 5.74) is 6.70. The van der Waals surface area contributed by atoms with Gasteiger partial charge in [0.2, 0.25) is 0 Å². The van der Waals surface area contributed by atoms with Crippen molar-refractivity contribution in [1.82, 2.24) is 4.57 Å². The third-order valence-electron chi connectivity index (χ3n) is 5.44. The third kappa shape index (κ3) is 2.68. The fourth-order valence-corrected chi connectivity index (χ4v) is 4.37. The van der Waals surface area contributed by atoms with E-state index in [0.717, 1.165) is 40.0 Å². The van der Waals surface area contributed by atoms with Crippen LogP contribution in [0.15, 0.2) is 72.8 Å². The normalized spacial score (nSPS) is 12.6. The van der Waals surface area contributed by atoms with Gasteiger partial charge in [-0.25, -0.2) is 0 Å². The zero-order chi connectivity index (χ0) is 18.4. The van der Waals surface area contributed by atoms with Crippen LogP contribution in [-0.2, 0) is 19.4 Å². The van der Waals surface area contributed by atoms with Crippen molar-refractivity contribution in [2.75, 3.05) is 0 Å². The lowest BCUT2D eigenvalue weighted by molar-refractivity contribution is 0.0993. The van der Waals surface area contributed by atoms with Gasteiger partial charge in [0, 0.05) is 34.5 Å². The van der Waals surface area contributed by atoms with Gasteiger partial charge in [0.25, 0.3) is 0 Å². The molecule has 0 spiro atoms. The van der Waals surface area contributed by atoms with Crippen molar-refractivity contribution in [1.29, 1.82) is 0 Å². The summed E-state index contributed by atoms with van der Waals surface area (Å²) in [6.45, 7) is 0.905. The van der Waals surface area contributed by atoms with Crippen LogP contribution in [-0.4, -0.2) is 10.4 Å². The highest BCUT2D eigenvalue weighted by Crippen LogP contribution is 2.40. The first-order chi connectivity index (χ1) is 13.2. The average Bonchev–Trinajstić information content (AvgIpc) is 3.02. The predicted octanol–water partition coefficient (Wildman–Crippen LogP) is 5.94. The van der Waals surface area contributed by atoms with E-state index in [1.54, 1.807) is 0 Å². The van der Waals surface area contributed by atoms with E-state index >= 15 is 0 Å². The van der Waals surface area contributed by atoms with Crippen molar-refractivity contribution in [3.05, 3.63) is 94.5 Å². The SMILES string of the molecule is O=C(Cc1c2n(c3cc(Cl)ccc13)CCc1ccccc1-2)c1ccccc1. The standard InChI is InChI=1S/C24H18ClNO/c25-18-10-11-20-21(15-23(27)17-7-2-1-3-8-17)24-19-9-5-4-6-16(19)12-13-26(24)22(20)14-18/h1-11,14H,12-13,15H2. The van der Waals surface area contributed by atoms with Crippen molar-refractivity contribution in [3.8, 4) is 11.3 Å². The number of ketones is 1. The molecule has 0 atom stereocenters. The molecule has 1 aliphatic rings. The number of halogens is 1. The monoisotopic (exact) mass is 371 g/mol. The summed E-state index contributed by atoms with van der Waals surface area (Å²) in [6, 6.07) is 24.0. The molecule has 1 aromatic heterocycles. The molecule has 0 N–H and O–H groups in total. The lowest BCUT2D eigenvalue weighted by Crippen LogP contribution is -2.12. The van der Waals surface area contributed by atoms with E-state index in [1.165, 1.54) is 16.8 Å². The average molecular weight is 372 g/mol. The number of nitrogens with zero attached hydrogens (tertiary/aromatic N) is 1. The van der Waals surface area contributed by atoms with Crippen LogP contribution >= 0.6 is 11.6 Å². The van der Waals surface area contributed by atoms with E-state index in [1.807, 2.05) is 42.5 Å². The lowest BCUT2D eigenvalue weighted by Gasteiger charge is -2.21. The smallest absolute Gasteiger partial charge is 0.167 e. The fourth-order valence-electron chi connectivity index (χ4n) is 4.20. The largest absolute Gasteiger partial charge is 0.340 e. The van der Waals surface area contributed by atoms with Crippen molar-refractivity contribution >= 4 is 28.3 Å². The maximum Gasteiger partial charge on any atom is 0.167 e. The molecule has 0 saturated carbocycles. The van der Waals surface area contributed by atoms with Crippen LogP contribution in [0.4, 0.5) is 0 Å². The quantitative estimate of drug-likeness (QED) is 0.408. The van der Waals surface area contributed by atoms with Gasteiger partial charge in [-0.2, -0.15) is 0 Å². The van der Waals surface area contributed by atoms with E-state index < -0.39 is 0 Å². The van der Waals surface area contributed by atoms with Crippen LogP contribution in [0, 0.1) is 0 Å². The van der Waals surface area contributed by atoms with Crippen molar-refractivity contribution in [2.45, 2.75) is 19.4 Å². The fraction of sp³-hybridized carbons (Fsp3) is 0.125. The van der Waals surface area contributed by atoms with Crippen LogP contribution in [0.5, 0.6) is 0 Å². The van der Waals surface area contributed by atoms with Gasteiger partial charge in [0.1, 0.15) is 0 Å². The second-order valence-electron chi connectivity index (χ2n) is 7.01. The van der Waals surface area contributed by atoms with Gasteiger partial charge in [0.05, 0.1) is 11.2 Å². The van der Waals surface area contributed by atoms with Crippen LogP contribution in [0.1, 0.15) is 21.5 Å². The van der Waals surface area contributed by atoms with Gasteiger partial charge >= 0.3 is 0 Å². The molecule has 3 heteroatoms. The summed E-state index contributed by atoms with van der Waals surface area (Å²) in [5.74, 6) is 0.143. The van der Waals surface area contributed by atoms with Crippen LogP contribution in [0.25, 0.3) is 22.2 Å². The molecule has 1 aliphatic heterocycles. The number of hydrogen-bond donors (Lipinski definition) is 0. The number of carbonyl (C=O) groups excluding carboxylic acids is 1. The molecular weight excluding hydrogens is 354 g/mol. The Hall–Kier alpha value is -2.84. The highest BCUT2D eigenvalue weighted by Gasteiger charge is 2.25. The summed E-state index contributed by atoms with van der Waals surface area (Å²) < 4.78 is 2.33. The predicted molar refractivity (Wildman–Crippen MR) is 111 cm³/mol. The third-order valence-corrected chi connectivity index (χ3v) is 5.68. The van der Waals surface area contributed by atoms with E-state index in [-0.39, 0.29) is 5.78 Å². The Morgan fingerprint density at radius 3 is 2.59 bits per heavy atom. The van der Waals surface area contributed by atoms with Gasteiger partial charge < -0.3 is 4.57 Å². The molecule has 2 heterocycles. The zero-order valence-electron chi connectivity index (χ0n) is 14.8. The zero-order valence-corrected chi connectivity index (χ0v) is 15.5. The van der Waals surface area contributed by atoms with E-state index in [9.17, 15) is 4.79 Å². The van der Waals surface area contributed by atoms with Gasteiger partial charge in [-0.15, -0.1) is 0 Å². The summed E-state index contributed by atoms with van der Waals surface area (Å²) in [6.07, 6.45) is 1.38. The van der Waals surface area contributed by atoms with Gasteiger partial charge in [-0.3, -0.25) is 4.79 Å². The molecule has 0 radical (unpaired) electrons. The molecule has 0 fully saturated rings. The number of rotatable bonds is 3. The molecule has 0 unspecified atom stereocenters. The molecule has 0 bridgehead atoms. The van der Waals surface area contributed by atoms with Crippen LogP contribution in [0.2, 0.25) is 5.02 Å². The van der Waals surface area contributed by atoms with Gasteiger partial charge in [-0.1, -0.05) is 72.3 Å². The Labute approximate surface area is 163 Å². The lowest BCUT2D eigenvalue weighted by atomic mass is 9.93. The Morgan fingerprint density at radius 1 is 0.963 bits per heavy atom. The summed E-state index contributed by atoms with van der Waals surface area (Å²) in [7, 11) is 0. The number of aromatic nitrogens is 1. The number of hydrogen-bond acceptors (Lipinski definition) is 1. The Kier molecular flexibility index (Phi) is 3.87. The minimum atomic E-state index is 0.143. The van der Waals surface area contributed by atoms with Crippen molar-refractivity contribution < 1.29 is 4.79 Å². The summed E-state index contributed by atoms with van der Waals surface area (Å²) in [4.78, 5) is 13.0. The van der Waals surface area contributed by atoms with Crippen LogP contribution in [0.3, 0.4) is 0 Å². The molecular formula is C24H18ClNO. The number of Topliss-reactive ketones (excluding diaryl/α,β-unsaturated/α-hetero) is 1. The molecule has 132 valence electrons. The maximum atomic E-state index is 13.0. The first-order valence-electron chi connectivity index (χ1n) is 9.19. The van der Waals surface area contributed by atoms with Gasteiger partial charge in [-0.05, 0) is 29.7 Å².